The first-order valence-electron chi connectivity index (χ1n) is 6.62. The molecule has 0 unspecified atom stereocenters. The molecular weight excluding hydrogens is 408 g/mol. The van der Waals surface area contributed by atoms with Crippen molar-refractivity contribution in [1.29, 1.82) is 0 Å². The third-order valence-corrected chi connectivity index (χ3v) is 4.57. The minimum absolute atomic E-state index is 0. The second kappa shape index (κ2) is 12.2. The van der Waals surface area contributed by atoms with Gasteiger partial charge in [0.2, 0.25) is 0 Å². The maximum Gasteiger partial charge on any atom is 0.174 e. The molecule has 0 bridgehead atoms. The minimum Gasteiger partial charge on any atom is -0.294 e. The molecule has 0 saturated heterocycles. The third kappa shape index (κ3) is 7.59. The minimum atomic E-state index is 0. The maximum absolute atomic E-state index is 11.1. The van der Waals surface area contributed by atoms with Crippen LogP contribution in [0.25, 0.3) is 0 Å². The van der Waals surface area contributed by atoms with Gasteiger partial charge < -0.3 is 0 Å². The normalized spacial score (nSPS) is 9.33. The van der Waals surface area contributed by atoms with E-state index in [1.54, 1.807) is 48.1 Å². The zero-order valence-electron chi connectivity index (χ0n) is 13.1. The van der Waals surface area contributed by atoms with Crippen molar-refractivity contribution in [3.8, 4) is 0 Å². The van der Waals surface area contributed by atoms with Gasteiger partial charge in [-0.3, -0.25) is 9.59 Å². The molecule has 2 aromatic rings. The SMILES string of the molecule is C.CSc1ccc(C(=O)CBr)cn1.CSc1ccc(C(C)=O)cn1. The quantitative estimate of drug-likeness (QED) is 0.378. The van der Waals surface area contributed by atoms with Gasteiger partial charge in [-0.05, 0) is 43.7 Å². The fourth-order valence-corrected chi connectivity index (χ4v) is 2.50. The number of nitrogens with zero attached hydrogens (tertiary/aromatic N) is 2. The number of carbonyl (C=O) groups excluding carboxylic acids is 2. The van der Waals surface area contributed by atoms with Crippen LogP contribution in [0.1, 0.15) is 35.1 Å². The van der Waals surface area contributed by atoms with Gasteiger partial charge in [0.05, 0.1) is 15.4 Å². The number of rotatable bonds is 5. The first-order chi connectivity index (χ1) is 11.0. The highest BCUT2D eigenvalue weighted by molar-refractivity contribution is 9.09. The summed E-state index contributed by atoms with van der Waals surface area (Å²) in [5.41, 5.74) is 1.33. The standard InChI is InChI=1S/C8H8BrNOS.C8H9NOS.CH4/c1-12-8-3-2-6(5-10-8)7(11)4-9;1-6(10)7-3-4-8(11-2)9-5-7;/h2-3,5H,4H2,1H3;3-5H,1-2H3;1H4. The van der Waals surface area contributed by atoms with Crippen LogP contribution in [0.2, 0.25) is 0 Å². The van der Waals surface area contributed by atoms with Crippen LogP contribution >= 0.6 is 39.5 Å². The zero-order chi connectivity index (χ0) is 17.2. The van der Waals surface area contributed by atoms with E-state index in [2.05, 4.69) is 25.9 Å². The number of hydrogen-bond donors (Lipinski definition) is 0. The molecule has 0 radical (unpaired) electrons. The van der Waals surface area contributed by atoms with E-state index in [1.165, 1.54) is 6.92 Å². The summed E-state index contributed by atoms with van der Waals surface area (Å²) in [4.78, 5) is 30.1. The molecule has 2 aromatic heterocycles. The summed E-state index contributed by atoms with van der Waals surface area (Å²) in [5, 5.41) is 2.23. The van der Waals surface area contributed by atoms with Gasteiger partial charge in [0.25, 0.3) is 0 Å². The lowest BCUT2D eigenvalue weighted by atomic mass is 10.2. The van der Waals surface area contributed by atoms with E-state index >= 15 is 0 Å². The Hall–Kier alpha value is -1.18. The fraction of sp³-hybridized carbons (Fsp3) is 0.294. The smallest absolute Gasteiger partial charge is 0.174 e. The number of halogens is 1. The van der Waals surface area contributed by atoms with E-state index in [-0.39, 0.29) is 19.0 Å². The molecule has 0 N–H and O–H groups in total. The Bertz CT molecular complexity index is 647. The predicted molar refractivity (Wildman–Crippen MR) is 107 cm³/mol. The van der Waals surface area contributed by atoms with Crippen molar-refractivity contribution in [2.24, 2.45) is 0 Å². The fourth-order valence-electron chi connectivity index (χ4n) is 1.45. The highest BCUT2D eigenvalue weighted by atomic mass is 79.9. The van der Waals surface area contributed by atoms with Crippen LogP contribution in [0.4, 0.5) is 0 Å². The molecule has 0 fully saturated rings. The Morgan fingerprint density at radius 2 is 1.42 bits per heavy atom. The third-order valence-electron chi connectivity index (χ3n) is 2.74. The summed E-state index contributed by atoms with van der Waals surface area (Å²) < 4.78 is 0. The van der Waals surface area contributed by atoms with Gasteiger partial charge in [0.1, 0.15) is 0 Å². The van der Waals surface area contributed by atoms with Gasteiger partial charge in [-0.25, -0.2) is 9.97 Å². The Morgan fingerprint density at radius 1 is 0.958 bits per heavy atom. The number of carbonyl (C=O) groups is 2. The molecule has 130 valence electrons. The van der Waals surface area contributed by atoms with Gasteiger partial charge in [0.15, 0.2) is 11.6 Å². The van der Waals surface area contributed by atoms with Crippen molar-refractivity contribution in [3.05, 3.63) is 47.8 Å². The van der Waals surface area contributed by atoms with Crippen LogP contribution in [-0.2, 0) is 0 Å². The van der Waals surface area contributed by atoms with Gasteiger partial charge in [-0.15, -0.1) is 23.5 Å². The monoisotopic (exact) mass is 428 g/mol. The van der Waals surface area contributed by atoms with Gasteiger partial charge >= 0.3 is 0 Å². The van der Waals surface area contributed by atoms with Crippen molar-refractivity contribution >= 4 is 51.0 Å². The Morgan fingerprint density at radius 3 is 1.71 bits per heavy atom. The van der Waals surface area contributed by atoms with Gasteiger partial charge in [0, 0.05) is 23.5 Å². The zero-order valence-corrected chi connectivity index (χ0v) is 16.3. The molecule has 0 aliphatic heterocycles. The summed E-state index contributed by atoms with van der Waals surface area (Å²) in [5.74, 6) is 0.125. The highest BCUT2D eigenvalue weighted by Gasteiger charge is 2.03. The van der Waals surface area contributed by atoms with Crippen LogP contribution in [0.15, 0.2) is 46.7 Å². The molecule has 0 aliphatic carbocycles. The van der Waals surface area contributed by atoms with Crippen molar-refractivity contribution in [3.63, 3.8) is 0 Å². The lowest BCUT2D eigenvalue weighted by Gasteiger charge is -1.97. The molecular formula is C17H21BrN2O2S2. The Balaban J connectivity index is 0.000000425. The van der Waals surface area contributed by atoms with Crippen molar-refractivity contribution < 1.29 is 9.59 Å². The summed E-state index contributed by atoms with van der Waals surface area (Å²) in [6.45, 7) is 1.54. The Labute approximate surface area is 160 Å². The van der Waals surface area contributed by atoms with Crippen molar-refractivity contribution in [2.45, 2.75) is 24.4 Å². The number of thioether (sulfide) groups is 2. The van der Waals surface area contributed by atoms with Crippen LogP contribution in [-0.4, -0.2) is 39.4 Å². The van der Waals surface area contributed by atoms with Crippen LogP contribution < -0.4 is 0 Å². The van der Waals surface area contributed by atoms with Crippen LogP contribution in [0.5, 0.6) is 0 Å². The molecule has 0 amide bonds. The van der Waals surface area contributed by atoms with Gasteiger partial charge in [-0.2, -0.15) is 0 Å². The molecule has 0 saturated carbocycles. The molecule has 24 heavy (non-hydrogen) atoms. The van der Waals surface area contributed by atoms with E-state index in [9.17, 15) is 9.59 Å². The van der Waals surface area contributed by atoms with Gasteiger partial charge in [-0.1, -0.05) is 23.4 Å². The van der Waals surface area contributed by atoms with E-state index in [0.717, 1.165) is 10.1 Å². The van der Waals surface area contributed by atoms with Crippen molar-refractivity contribution in [2.75, 3.05) is 17.8 Å². The van der Waals surface area contributed by atoms with Crippen LogP contribution in [0, 0.1) is 0 Å². The average Bonchev–Trinajstić information content (AvgIpc) is 2.61. The summed E-state index contributed by atoms with van der Waals surface area (Å²) in [6.07, 6.45) is 7.12. The van der Waals surface area contributed by atoms with E-state index in [0.29, 0.717) is 16.5 Å². The summed E-state index contributed by atoms with van der Waals surface area (Å²) in [6, 6.07) is 7.28. The second-order valence-corrected chi connectivity index (χ2v) is 6.51. The molecule has 0 spiro atoms. The van der Waals surface area contributed by atoms with Crippen molar-refractivity contribution in [1.82, 2.24) is 9.97 Å². The average molecular weight is 429 g/mol. The number of aromatic nitrogens is 2. The Kier molecular flexibility index (Phi) is 11.6. The number of Topliss-reactive ketones (excluding diaryl/α,β-unsaturated/α-hetero) is 2. The van der Waals surface area contributed by atoms with Crippen LogP contribution in [0.3, 0.4) is 0 Å². The summed E-state index contributed by atoms with van der Waals surface area (Å²) >= 11 is 6.23. The highest BCUT2D eigenvalue weighted by Crippen LogP contribution is 2.12. The number of hydrogen-bond acceptors (Lipinski definition) is 6. The number of pyridine rings is 2. The summed E-state index contributed by atoms with van der Waals surface area (Å²) in [7, 11) is 0. The number of alkyl halides is 1. The molecule has 0 atom stereocenters. The molecule has 0 aliphatic rings. The number of ketones is 2. The molecule has 7 heteroatoms. The van der Waals surface area contributed by atoms with E-state index in [1.807, 2.05) is 24.6 Å². The predicted octanol–water partition coefficient (Wildman–Crippen LogP) is 5.02. The molecule has 2 rings (SSSR count). The molecule has 2 heterocycles. The van der Waals surface area contributed by atoms with E-state index in [4.69, 9.17) is 0 Å². The molecule has 4 nitrogen and oxygen atoms in total. The first-order valence-corrected chi connectivity index (χ1v) is 10.2. The maximum atomic E-state index is 11.1. The van der Waals surface area contributed by atoms with E-state index < -0.39 is 0 Å². The first kappa shape index (κ1) is 22.8. The topological polar surface area (TPSA) is 59.9 Å². The second-order valence-electron chi connectivity index (χ2n) is 4.29. The lowest BCUT2D eigenvalue weighted by molar-refractivity contribution is 0.101. The molecule has 0 aromatic carbocycles. The lowest BCUT2D eigenvalue weighted by Crippen LogP contribution is -2.00. The largest absolute Gasteiger partial charge is 0.294 e.